The Bertz CT molecular complexity index is 503. The van der Waals surface area contributed by atoms with E-state index in [1.165, 1.54) is 0 Å². The lowest BCUT2D eigenvalue weighted by Gasteiger charge is -2.21. The molecule has 0 saturated heterocycles. The van der Waals surface area contributed by atoms with Crippen molar-refractivity contribution in [1.82, 2.24) is 10.1 Å². The second-order valence-electron chi connectivity index (χ2n) is 5.34. The van der Waals surface area contributed by atoms with Gasteiger partial charge in [0.25, 0.3) is 0 Å². The number of anilines is 1. The summed E-state index contributed by atoms with van der Waals surface area (Å²) in [6.45, 7) is 1.88. The van der Waals surface area contributed by atoms with Crippen LogP contribution in [0.25, 0.3) is 0 Å². The van der Waals surface area contributed by atoms with E-state index >= 15 is 0 Å². The number of hydrogen-bond donors (Lipinski definition) is 1. The van der Waals surface area contributed by atoms with Crippen LogP contribution in [0.2, 0.25) is 0 Å². The van der Waals surface area contributed by atoms with E-state index in [1.54, 1.807) is 17.9 Å². The quantitative estimate of drug-likeness (QED) is 0.869. The Labute approximate surface area is 111 Å². The van der Waals surface area contributed by atoms with Crippen LogP contribution in [0.5, 0.6) is 0 Å². The van der Waals surface area contributed by atoms with Crippen molar-refractivity contribution in [3.05, 3.63) is 11.8 Å². The molecule has 6 nitrogen and oxygen atoms in total. The molecule has 2 aliphatic carbocycles. The molecule has 0 atom stereocenters. The molecule has 2 aliphatic rings. The summed E-state index contributed by atoms with van der Waals surface area (Å²) in [5, 5.41) is 6.36. The van der Waals surface area contributed by atoms with Gasteiger partial charge in [-0.05, 0) is 32.6 Å². The van der Waals surface area contributed by atoms with E-state index in [4.69, 9.17) is 4.52 Å². The van der Waals surface area contributed by atoms with Gasteiger partial charge < -0.3 is 14.7 Å². The van der Waals surface area contributed by atoms with E-state index in [0.29, 0.717) is 11.6 Å². The number of nitrogens with zero attached hydrogens (tertiary/aromatic N) is 2. The molecule has 0 spiro atoms. The van der Waals surface area contributed by atoms with Gasteiger partial charge in [0.15, 0.2) is 5.82 Å². The van der Waals surface area contributed by atoms with Crippen molar-refractivity contribution in [2.75, 3.05) is 11.9 Å². The molecular weight excluding hydrogens is 246 g/mol. The second-order valence-corrected chi connectivity index (χ2v) is 5.34. The van der Waals surface area contributed by atoms with Crippen LogP contribution in [0.1, 0.15) is 31.4 Å². The van der Waals surface area contributed by atoms with Crippen LogP contribution < -0.4 is 5.32 Å². The Hall–Kier alpha value is -1.85. The first-order chi connectivity index (χ1) is 9.13. The molecule has 1 heterocycles. The lowest BCUT2D eigenvalue weighted by Crippen LogP contribution is -2.40. The highest BCUT2D eigenvalue weighted by Gasteiger charge is 2.40. The van der Waals surface area contributed by atoms with Crippen molar-refractivity contribution in [3.8, 4) is 0 Å². The lowest BCUT2D eigenvalue weighted by atomic mass is 10.3. The molecule has 1 aromatic rings. The molecule has 0 aromatic carbocycles. The molecule has 19 heavy (non-hydrogen) atoms. The van der Waals surface area contributed by atoms with Crippen LogP contribution in [-0.2, 0) is 9.59 Å². The Morgan fingerprint density at radius 2 is 2.16 bits per heavy atom. The standard InChI is InChI=1S/C13H17N3O3/c1-8-6-11(15-19-8)14-12(17)7-16(10-4-5-10)13(18)9-2-3-9/h6,9-10H,2-5,7H2,1H3,(H,14,15,17). The predicted octanol–water partition coefficient (Wildman–Crippen LogP) is 1.32. The van der Waals surface area contributed by atoms with Gasteiger partial charge >= 0.3 is 0 Å². The summed E-state index contributed by atoms with van der Waals surface area (Å²) < 4.78 is 4.88. The van der Waals surface area contributed by atoms with Gasteiger partial charge in [0.05, 0.1) is 0 Å². The molecule has 6 heteroatoms. The molecule has 0 bridgehead atoms. The number of nitrogens with one attached hydrogen (secondary N) is 1. The lowest BCUT2D eigenvalue weighted by molar-refractivity contribution is -0.136. The van der Waals surface area contributed by atoms with Crippen LogP contribution in [0.15, 0.2) is 10.6 Å². The summed E-state index contributed by atoms with van der Waals surface area (Å²) in [6.07, 6.45) is 3.95. The van der Waals surface area contributed by atoms with Gasteiger partial charge in [-0.25, -0.2) is 0 Å². The zero-order valence-corrected chi connectivity index (χ0v) is 10.9. The van der Waals surface area contributed by atoms with Crippen molar-refractivity contribution >= 4 is 17.6 Å². The fraction of sp³-hybridized carbons (Fsp3) is 0.615. The fourth-order valence-corrected chi connectivity index (χ4v) is 2.10. The van der Waals surface area contributed by atoms with Crippen molar-refractivity contribution in [1.29, 1.82) is 0 Å². The molecule has 2 amide bonds. The zero-order valence-electron chi connectivity index (χ0n) is 10.9. The predicted molar refractivity (Wildman–Crippen MR) is 67.3 cm³/mol. The SMILES string of the molecule is Cc1cc(NC(=O)CN(C(=O)C2CC2)C2CC2)no1. The molecule has 1 N–H and O–H groups in total. The van der Waals surface area contributed by atoms with Crippen LogP contribution in [0, 0.1) is 12.8 Å². The molecule has 0 radical (unpaired) electrons. The number of hydrogen-bond acceptors (Lipinski definition) is 4. The summed E-state index contributed by atoms with van der Waals surface area (Å²) >= 11 is 0. The number of aryl methyl sites for hydroxylation is 1. The van der Waals surface area contributed by atoms with Gasteiger partial charge in [-0.1, -0.05) is 5.16 Å². The van der Waals surface area contributed by atoms with Gasteiger partial charge in [-0.2, -0.15) is 0 Å². The molecule has 0 unspecified atom stereocenters. The van der Waals surface area contributed by atoms with E-state index in [9.17, 15) is 9.59 Å². The van der Waals surface area contributed by atoms with Crippen LogP contribution >= 0.6 is 0 Å². The fourth-order valence-electron chi connectivity index (χ4n) is 2.10. The first-order valence-corrected chi connectivity index (χ1v) is 6.67. The molecule has 2 saturated carbocycles. The van der Waals surface area contributed by atoms with E-state index in [2.05, 4.69) is 10.5 Å². The number of rotatable bonds is 5. The minimum Gasteiger partial charge on any atom is -0.360 e. The first kappa shape index (κ1) is 12.2. The highest BCUT2D eigenvalue weighted by atomic mass is 16.5. The van der Waals surface area contributed by atoms with E-state index < -0.39 is 0 Å². The molecular formula is C13H17N3O3. The van der Waals surface area contributed by atoms with E-state index in [1.807, 2.05) is 0 Å². The third-order valence-corrected chi connectivity index (χ3v) is 3.41. The smallest absolute Gasteiger partial charge is 0.245 e. The maximum absolute atomic E-state index is 12.1. The molecule has 102 valence electrons. The minimum atomic E-state index is -0.214. The third kappa shape index (κ3) is 2.94. The summed E-state index contributed by atoms with van der Waals surface area (Å²) in [5.74, 6) is 1.12. The van der Waals surface area contributed by atoms with Crippen LogP contribution in [0.3, 0.4) is 0 Å². The van der Waals surface area contributed by atoms with Gasteiger partial charge in [0.2, 0.25) is 11.8 Å². The van der Waals surface area contributed by atoms with Crippen molar-refractivity contribution in [2.24, 2.45) is 5.92 Å². The molecule has 0 aliphatic heterocycles. The summed E-state index contributed by atoms with van der Waals surface area (Å²) in [7, 11) is 0. The Morgan fingerprint density at radius 1 is 1.42 bits per heavy atom. The number of carbonyl (C=O) groups excluding carboxylic acids is 2. The summed E-state index contributed by atoms with van der Waals surface area (Å²) in [4.78, 5) is 25.7. The first-order valence-electron chi connectivity index (χ1n) is 6.67. The van der Waals surface area contributed by atoms with Crippen molar-refractivity contribution in [3.63, 3.8) is 0 Å². The maximum atomic E-state index is 12.1. The van der Waals surface area contributed by atoms with Crippen LogP contribution in [0.4, 0.5) is 5.82 Å². The minimum absolute atomic E-state index is 0.117. The topological polar surface area (TPSA) is 75.4 Å². The van der Waals surface area contributed by atoms with E-state index in [0.717, 1.165) is 25.7 Å². The second kappa shape index (κ2) is 4.68. The Balaban J connectivity index is 1.58. The summed E-state index contributed by atoms with van der Waals surface area (Å²) in [5.41, 5.74) is 0. The third-order valence-electron chi connectivity index (χ3n) is 3.41. The van der Waals surface area contributed by atoms with Crippen LogP contribution in [-0.4, -0.2) is 34.5 Å². The van der Waals surface area contributed by atoms with Gasteiger partial charge in [-0.3, -0.25) is 9.59 Å². The van der Waals surface area contributed by atoms with Crippen molar-refractivity contribution in [2.45, 2.75) is 38.6 Å². The number of amides is 2. The number of aromatic nitrogens is 1. The van der Waals surface area contributed by atoms with Crippen molar-refractivity contribution < 1.29 is 14.1 Å². The van der Waals surface area contributed by atoms with Gasteiger partial charge in [0.1, 0.15) is 12.3 Å². The zero-order chi connectivity index (χ0) is 13.4. The van der Waals surface area contributed by atoms with E-state index in [-0.39, 0.29) is 30.3 Å². The molecule has 2 fully saturated rings. The normalized spacial score (nSPS) is 18.2. The largest absolute Gasteiger partial charge is 0.360 e. The van der Waals surface area contributed by atoms with Gasteiger partial charge in [0, 0.05) is 18.0 Å². The average molecular weight is 263 g/mol. The molecule has 1 aromatic heterocycles. The summed E-state index contributed by atoms with van der Waals surface area (Å²) in [6, 6.07) is 1.92. The Kier molecular flexibility index (Phi) is 3.00. The number of carbonyl (C=O) groups is 2. The molecule has 3 rings (SSSR count). The maximum Gasteiger partial charge on any atom is 0.245 e. The van der Waals surface area contributed by atoms with Gasteiger partial charge in [-0.15, -0.1) is 0 Å². The Morgan fingerprint density at radius 3 is 2.68 bits per heavy atom. The monoisotopic (exact) mass is 263 g/mol. The highest BCUT2D eigenvalue weighted by molar-refractivity contribution is 5.94. The highest BCUT2D eigenvalue weighted by Crippen LogP contribution is 2.35. The average Bonchev–Trinajstić information content (AvgIpc) is 3.25.